The summed E-state index contributed by atoms with van der Waals surface area (Å²) in [4.78, 5) is 31.2. The molecule has 1 aliphatic heterocycles. The van der Waals surface area contributed by atoms with E-state index >= 15 is 0 Å². The smallest absolute Gasteiger partial charge is 0.274 e. The summed E-state index contributed by atoms with van der Waals surface area (Å²) in [6.07, 6.45) is 4.28. The Bertz CT molecular complexity index is 798. The lowest BCUT2D eigenvalue weighted by Crippen LogP contribution is -2.32. The normalized spacial score (nSPS) is 14.6. The molecule has 1 saturated heterocycles. The first-order valence-electron chi connectivity index (χ1n) is 8.57. The van der Waals surface area contributed by atoms with E-state index in [4.69, 9.17) is 23.2 Å². The van der Waals surface area contributed by atoms with Crippen LogP contribution in [0.3, 0.4) is 0 Å². The van der Waals surface area contributed by atoms with E-state index in [9.17, 15) is 9.59 Å². The summed E-state index contributed by atoms with van der Waals surface area (Å²) < 4.78 is 0. The first kappa shape index (κ1) is 18.7. The predicted octanol–water partition coefficient (Wildman–Crippen LogP) is 4.66. The van der Waals surface area contributed by atoms with Gasteiger partial charge in [-0.2, -0.15) is 0 Å². The Morgan fingerprint density at radius 2 is 1.54 bits per heavy atom. The third-order valence-corrected chi connectivity index (χ3v) is 4.65. The van der Waals surface area contributed by atoms with E-state index in [1.165, 1.54) is 0 Å². The van der Waals surface area contributed by atoms with Gasteiger partial charge in [-0.3, -0.25) is 9.59 Å². The highest BCUT2D eigenvalue weighted by atomic mass is 35.5. The molecule has 0 radical (unpaired) electrons. The molecular weight excluding hydrogens is 373 g/mol. The molecular formula is C19H19Cl2N3O2. The number of hydrogen-bond acceptors (Lipinski definition) is 3. The Balaban J connectivity index is 1.75. The van der Waals surface area contributed by atoms with Crippen molar-refractivity contribution in [2.24, 2.45) is 0 Å². The molecule has 1 fully saturated rings. The van der Waals surface area contributed by atoms with Gasteiger partial charge >= 0.3 is 0 Å². The van der Waals surface area contributed by atoms with E-state index in [-0.39, 0.29) is 17.3 Å². The summed E-state index contributed by atoms with van der Waals surface area (Å²) in [5.41, 5.74) is 0.920. The second kappa shape index (κ2) is 8.52. The minimum Gasteiger partial charge on any atom is -0.337 e. The second-order valence-electron chi connectivity index (χ2n) is 6.23. The molecule has 1 aromatic heterocycles. The molecule has 0 spiro atoms. The van der Waals surface area contributed by atoms with Crippen LogP contribution in [0.5, 0.6) is 0 Å². The Labute approximate surface area is 162 Å². The molecule has 0 unspecified atom stereocenters. The van der Waals surface area contributed by atoms with Gasteiger partial charge in [-0.25, -0.2) is 4.98 Å². The molecule has 0 aliphatic carbocycles. The molecule has 1 N–H and O–H groups in total. The fourth-order valence-corrected chi connectivity index (χ4v) is 3.46. The van der Waals surface area contributed by atoms with E-state index in [0.717, 1.165) is 38.8 Å². The second-order valence-corrected chi connectivity index (χ2v) is 7.10. The number of anilines is 1. The highest BCUT2D eigenvalue weighted by Crippen LogP contribution is 2.23. The Morgan fingerprint density at radius 3 is 2.19 bits per heavy atom. The van der Waals surface area contributed by atoms with Crippen LogP contribution in [0.2, 0.25) is 10.0 Å². The molecule has 7 heteroatoms. The summed E-state index contributed by atoms with van der Waals surface area (Å²) in [6.45, 7) is 1.47. The summed E-state index contributed by atoms with van der Waals surface area (Å²) in [5.74, 6) is -0.554. The lowest BCUT2D eigenvalue weighted by molar-refractivity contribution is 0.0755. The third kappa shape index (κ3) is 4.74. The van der Waals surface area contributed by atoms with Crippen molar-refractivity contribution in [3.8, 4) is 0 Å². The fraction of sp³-hybridized carbons (Fsp3) is 0.316. The zero-order chi connectivity index (χ0) is 18.5. The third-order valence-electron chi connectivity index (χ3n) is 4.21. The van der Waals surface area contributed by atoms with Gasteiger partial charge in [-0.05, 0) is 43.2 Å². The maximum Gasteiger partial charge on any atom is 0.274 e. The summed E-state index contributed by atoms with van der Waals surface area (Å²) >= 11 is 11.9. The number of nitrogens with zero attached hydrogens (tertiary/aromatic N) is 2. The van der Waals surface area contributed by atoms with Gasteiger partial charge in [0, 0.05) is 28.8 Å². The van der Waals surface area contributed by atoms with Crippen molar-refractivity contribution in [1.82, 2.24) is 9.88 Å². The van der Waals surface area contributed by atoms with Crippen molar-refractivity contribution in [3.63, 3.8) is 0 Å². The fourth-order valence-electron chi connectivity index (χ4n) is 2.94. The lowest BCUT2D eigenvalue weighted by Gasteiger charge is -2.19. The maximum atomic E-state index is 12.7. The Kier molecular flexibility index (Phi) is 6.12. The number of aromatic nitrogens is 1. The average Bonchev–Trinajstić information content (AvgIpc) is 2.89. The van der Waals surface area contributed by atoms with Gasteiger partial charge in [0.2, 0.25) is 0 Å². The zero-order valence-corrected chi connectivity index (χ0v) is 15.7. The van der Waals surface area contributed by atoms with Crippen molar-refractivity contribution in [3.05, 3.63) is 57.8 Å². The molecule has 0 bridgehead atoms. The molecule has 1 aromatic carbocycles. The van der Waals surface area contributed by atoms with Crippen molar-refractivity contribution in [2.75, 3.05) is 18.4 Å². The SMILES string of the molecule is O=C(Nc1cc(Cl)cc(Cl)c1)c1cccc(C(=O)N2CCCCCC2)n1. The van der Waals surface area contributed by atoms with E-state index in [1.807, 2.05) is 4.90 Å². The van der Waals surface area contributed by atoms with Crippen LogP contribution in [-0.2, 0) is 0 Å². The number of amides is 2. The van der Waals surface area contributed by atoms with Gasteiger partial charge in [0.15, 0.2) is 0 Å². The molecule has 0 saturated carbocycles. The molecule has 0 atom stereocenters. The summed E-state index contributed by atoms with van der Waals surface area (Å²) in [7, 11) is 0. The number of halogens is 2. The summed E-state index contributed by atoms with van der Waals surface area (Å²) in [5, 5.41) is 3.54. The minimum absolute atomic E-state index is 0.132. The van der Waals surface area contributed by atoms with Crippen LogP contribution < -0.4 is 5.32 Å². The maximum absolute atomic E-state index is 12.7. The van der Waals surface area contributed by atoms with Crippen LogP contribution in [0.15, 0.2) is 36.4 Å². The van der Waals surface area contributed by atoms with E-state index < -0.39 is 5.91 Å². The molecule has 136 valence electrons. The number of carbonyl (C=O) groups is 2. The van der Waals surface area contributed by atoms with Crippen LogP contribution in [0.1, 0.15) is 46.7 Å². The number of rotatable bonds is 3. The number of likely N-dealkylation sites (tertiary alicyclic amines) is 1. The highest BCUT2D eigenvalue weighted by Gasteiger charge is 2.19. The zero-order valence-electron chi connectivity index (χ0n) is 14.2. The topological polar surface area (TPSA) is 62.3 Å². The molecule has 3 rings (SSSR count). The molecule has 26 heavy (non-hydrogen) atoms. The number of nitrogens with one attached hydrogen (secondary N) is 1. The number of hydrogen-bond donors (Lipinski definition) is 1. The lowest BCUT2D eigenvalue weighted by atomic mass is 10.2. The Hall–Kier alpha value is -2.11. The first-order chi connectivity index (χ1) is 12.5. The van der Waals surface area contributed by atoms with E-state index in [2.05, 4.69) is 10.3 Å². The van der Waals surface area contributed by atoms with Crippen LogP contribution in [0, 0.1) is 0 Å². The largest absolute Gasteiger partial charge is 0.337 e. The van der Waals surface area contributed by atoms with E-state index in [1.54, 1.807) is 36.4 Å². The first-order valence-corrected chi connectivity index (χ1v) is 9.32. The molecule has 2 heterocycles. The van der Waals surface area contributed by atoms with Gasteiger partial charge in [-0.1, -0.05) is 42.1 Å². The van der Waals surface area contributed by atoms with Gasteiger partial charge in [0.25, 0.3) is 11.8 Å². The molecule has 5 nitrogen and oxygen atoms in total. The van der Waals surface area contributed by atoms with E-state index in [0.29, 0.717) is 15.7 Å². The molecule has 2 amide bonds. The monoisotopic (exact) mass is 391 g/mol. The van der Waals surface area contributed by atoms with Crippen LogP contribution in [0.4, 0.5) is 5.69 Å². The van der Waals surface area contributed by atoms with Crippen LogP contribution >= 0.6 is 23.2 Å². The predicted molar refractivity (Wildman–Crippen MR) is 103 cm³/mol. The van der Waals surface area contributed by atoms with Crippen molar-refractivity contribution in [1.29, 1.82) is 0 Å². The number of pyridine rings is 1. The van der Waals surface area contributed by atoms with Crippen LogP contribution in [0.25, 0.3) is 0 Å². The average molecular weight is 392 g/mol. The van der Waals surface area contributed by atoms with Crippen molar-refractivity contribution < 1.29 is 9.59 Å². The van der Waals surface area contributed by atoms with Gasteiger partial charge < -0.3 is 10.2 Å². The quantitative estimate of drug-likeness (QED) is 0.827. The number of benzene rings is 1. The minimum atomic E-state index is -0.422. The standard InChI is InChI=1S/C19H19Cl2N3O2/c20-13-10-14(21)12-15(11-13)22-18(25)16-6-5-7-17(23-16)19(26)24-8-3-1-2-4-9-24/h5-7,10-12H,1-4,8-9H2,(H,22,25). The van der Waals surface area contributed by atoms with Gasteiger partial charge in [0.05, 0.1) is 0 Å². The molecule has 2 aromatic rings. The summed E-state index contributed by atoms with van der Waals surface area (Å²) in [6, 6.07) is 9.64. The highest BCUT2D eigenvalue weighted by molar-refractivity contribution is 6.35. The number of carbonyl (C=O) groups excluding carboxylic acids is 2. The van der Waals surface area contributed by atoms with Crippen molar-refractivity contribution in [2.45, 2.75) is 25.7 Å². The van der Waals surface area contributed by atoms with Gasteiger partial charge in [-0.15, -0.1) is 0 Å². The van der Waals surface area contributed by atoms with Gasteiger partial charge in [0.1, 0.15) is 11.4 Å². The van der Waals surface area contributed by atoms with Crippen molar-refractivity contribution >= 4 is 40.7 Å². The molecule has 1 aliphatic rings. The Morgan fingerprint density at radius 1 is 0.923 bits per heavy atom. The van der Waals surface area contributed by atoms with Crippen LogP contribution in [-0.4, -0.2) is 34.8 Å².